The summed E-state index contributed by atoms with van der Waals surface area (Å²) in [6.45, 7) is 0. The molecule has 0 spiro atoms. The second-order valence-electron chi connectivity index (χ2n) is 7.21. The van der Waals surface area contributed by atoms with E-state index in [1.807, 2.05) is 0 Å². The van der Waals surface area contributed by atoms with Crippen LogP contribution in [0.2, 0.25) is 0 Å². The molecule has 0 amide bonds. The quantitative estimate of drug-likeness (QED) is 0.306. The van der Waals surface area contributed by atoms with Gasteiger partial charge in [-0.05, 0) is 84.9 Å². The number of hydrogen-bond donors (Lipinski definition) is 4. The van der Waals surface area contributed by atoms with E-state index in [2.05, 4.69) is 0 Å². The Bertz CT molecular complexity index is 1390. The number of rotatable bonds is 6. The molecule has 168 valence electrons. The van der Waals surface area contributed by atoms with Crippen molar-refractivity contribution in [3.63, 3.8) is 0 Å². The predicted molar refractivity (Wildman–Crippen MR) is 129 cm³/mol. The van der Waals surface area contributed by atoms with Gasteiger partial charge >= 0.3 is 0 Å². The second-order valence-corrected chi connectivity index (χ2v) is 9.12. The molecule has 0 atom stereocenters. The molecule has 0 heterocycles. The fourth-order valence-corrected chi connectivity index (χ4v) is 4.46. The smallest absolute Gasteiger partial charge is 0.208 e. The van der Waals surface area contributed by atoms with Crippen molar-refractivity contribution in [3.05, 3.63) is 84.9 Å². The molecular weight excluding hydrogens is 440 g/mol. The molecule has 0 saturated heterocycles. The molecule has 33 heavy (non-hydrogen) atoms. The highest BCUT2D eigenvalue weighted by atomic mass is 32.2. The monoisotopic (exact) mass is 462 g/mol. The van der Waals surface area contributed by atoms with Gasteiger partial charge in [-0.1, -0.05) is 0 Å². The van der Waals surface area contributed by atoms with E-state index in [0.717, 1.165) is 0 Å². The van der Waals surface area contributed by atoms with Crippen LogP contribution in [0.3, 0.4) is 0 Å². The first-order valence-corrected chi connectivity index (χ1v) is 11.3. The molecule has 0 radical (unpaired) electrons. The van der Waals surface area contributed by atoms with Crippen molar-refractivity contribution in [1.82, 2.24) is 0 Å². The number of nitrogens with two attached hydrogens (primary N) is 4. The Labute approximate surface area is 191 Å². The first-order valence-electron chi connectivity index (χ1n) is 9.84. The number of ether oxygens (including phenoxy) is 2. The zero-order valence-corrected chi connectivity index (χ0v) is 18.3. The third-order valence-electron chi connectivity index (χ3n) is 4.85. The van der Waals surface area contributed by atoms with E-state index < -0.39 is 9.84 Å². The van der Waals surface area contributed by atoms with Gasteiger partial charge in [-0.15, -0.1) is 0 Å². The highest BCUT2D eigenvalue weighted by molar-refractivity contribution is 7.91. The third kappa shape index (κ3) is 4.63. The van der Waals surface area contributed by atoms with Crippen LogP contribution in [0.15, 0.2) is 94.7 Å². The van der Waals surface area contributed by atoms with E-state index in [1.54, 1.807) is 60.7 Å². The number of hydrogen-bond acceptors (Lipinski definition) is 8. The predicted octanol–water partition coefficient (Wildman–Crippen LogP) is 4.43. The van der Waals surface area contributed by atoms with Gasteiger partial charge in [0.2, 0.25) is 9.84 Å². The second kappa shape index (κ2) is 8.64. The van der Waals surface area contributed by atoms with Crippen molar-refractivity contribution >= 4 is 32.6 Å². The molecule has 0 unspecified atom stereocenters. The van der Waals surface area contributed by atoms with Crippen LogP contribution in [0.4, 0.5) is 22.7 Å². The maximum atomic E-state index is 13.2. The molecule has 4 aromatic rings. The third-order valence-corrected chi connectivity index (χ3v) is 6.68. The van der Waals surface area contributed by atoms with Crippen LogP contribution >= 0.6 is 0 Å². The summed E-state index contributed by atoms with van der Waals surface area (Å²) in [7, 11) is -3.93. The Morgan fingerprint density at radius 2 is 0.970 bits per heavy atom. The Morgan fingerprint density at radius 3 is 1.48 bits per heavy atom. The first kappa shape index (κ1) is 21.8. The van der Waals surface area contributed by atoms with Crippen molar-refractivity contribution in [2.45, 2.75) is 9.79 Å². The number of benzene rings is 4. The first-order chi connectivity index (χ1) is 15.7. The molecule has 8 nitrogen and oxygen atoms in total. The zero-order chi connectivity index (χ0) is 23.6. The summed E-state index contributed by atoms with van der Waals surface area (Å²) >= 11 is 0. The van der Waals surface area contributed by atoms with Gasteiger partial charge in [0.05, 0.1) is 21.2 Å². The zero-order valence-electron chi connectivity index (χ0n) is 17.4. The molecule has 4 rings (SSSR count). The highest BCUT2D eigenvalue weighted by Crippen LogP contribution is 2.38. The maximum absolute atomic E-state index is 13.2. The standard InChI is InChI=1S/C24H22N4O4S/c25-15-1-5-17(6-2-15)31-18-9-11-20(12-10-18)33(29,30)22-14-13-21(23(27)24(22)28)32-19-7-3-16(26)4-8-19/h1-14H,25-28H2. The molecule has 8 N–H and O–H groups in total. The van der Waals surface area contributed by atoms with Crippen molar-refractivity contribution in [2.75, 3.05) is 22.9 Å². The molecule has 0 bridgehead atoms. The van der Waals surface area contributed by atoms with Crippen molar-refractivity contribution in [3.8, 4) is 23.0 Å². The van der Waals surface area contributed by atoms with Gasteiger partial charge in [0.15, 0.2) is 5.75 Å². The van der Waals surface area contributed by atoms with Gasteiger partial charge in [-0.2, -0.15) is 0 Å². The summed E-state index contributed by atoms with van der Waals surface area (Å²) in [6, 6.07) is 22.4. The topological polar surface area (TPSA) is 157 Å². The lowest BCUT2D eigenvalue weighted by molar-refractivity contribution is 0.482. The number of anilines is 4. The molecule has 0 aliphatic rings. The van der Waals surface area contributed by atoms with Crippen molar-refractivity contribution in [2.24, 2.45) is 0 Å². The minimum absolute atomic E-state index is 0.0243. The van der Waals surface area contributed by atoms with Crippen LogP contribution in [-0.2, 0) is 9.84 Å². The van der Waals surface area contributed by atoms with Gasteiger partial charge in [0.25, 0.3) is 0 Å². The number of sulfone groups is 1. The fourth-order valence-electron chi connectivity index (χ4n) is 3.07. The normalized spacial score (nSPS) is 11.2. The van der Waals surface area contributed by atoms with E-state index >= 15 is 0 Å². The molecule has 0 saturated carbocycles. The van der Waals surface area contributed by atoms with E-state index in [1.165, 1.54) is 24.3 Å². The van der Waals surface area contributed by atoms with Gasteiger partial charge < -0.3 is 32.4 Å². The van der Waals surface area contributed by atoms with Gasteiger partial charge in [-0.25, -0.2) is 8.42 Å². The van der Waals surface area contributed by atoms with Crippen LogP contribution in [-0.4, -0.2) is 8.42 Å². The lowest BCUT2D eigenvalue weighted by Crippen LogP contribution is -2.08. The van der Waals surface area contributed by atoms with Gasteiger partial charge in [-0.3, -0.25) is 0 Å². The Hall–Kier alpha value is -4.37. The molecule has 4 aromatic carbocycles. The summed E-state index contributed by atoms with van der Waals surface area (Å²) in [5, 5.41) is 0. The van der Waals surface area contributed by atoms with Crippen molar-refractivity contribution in [1.29, 1.82) is 0 Å². The average Bonchev–Trinajstić information content (AvgIpc) is 2.80. The molecule has 0 fully saturated rings. The van der Waals surface area contributed by atoms with Gasteiger partial charge in [0.1, 0.15) is 17.2 Å². The SMILES string of the molecule is Nc1ccc(Oc2ccc(S(=O)(=O)c3ccc(Oc4ccc(N)cc4)c(N)c3N)cc2)cc1. The van der Waals surface area contributed by atoms with E-state index in [9.17, 15) is 8.42 Å². The summed E-state index contributed by atoms with van der Waals surface area (Å²) in [4.78, 5) is -0.0673. The van der Waals surface area contributed by atoms with Gasteiger partial charge in [0, 0.05) is 11.4 Å². The van der Waals surface area contributed by atoms with Crippen LogP contribution in [0.25, 0.3) is 0 Å². The van der Waals surface area contributed by atoms with Crippen LogP contribution in [0.1, 0.15) is 0 Å². The Kier molecular flexibility index (Phi) is 5.72. The van der Waals surface area contributed by atoms with Crippen LogP contribution < -0.4 is 32.4 Å². The van der Waals surface area contributed by atoms with Crippen molar-refractivity contribution < 1.29 is 17.9 Å². The largest absolute Gasteiger partial charge is 0.457 e. The Balaban J connectivity index is 1.58. The fraction of sp³-hybridized carbons (Fsp3) is 0. The minimum atomic E-state index is -3.93. The lowest BCUT2D eigenvalue weighted by atomic mass is 10.2. The van der Waals surface area contributed by atoms with E-state index in [-0.39, 0.29) is 26.9 Å². The molecule has 0 aliphatic carbocycles. The lowest BCUT2D eigenvalue weighted by Gasteiger charge is -2.14. The highest BCUT2D eigenvalue weighted by Gasteiger charge is 2.23. The van der Waals surface area contributed by atoms with Crippen LogP contribution in [0.5, 0.6) is 23.0 Å². The molecule has 0 aromatic heterocycles. The number of nitrogen functional groups attached to an aromatic ring is 4. The van der Waals surface area contributed by atoms with E-state index in [0.29, 0.717) is 28.6 Å². The minimum Gasteiger partial charge on any atom is -0.457 e. The maximum Gasteiger partial charge on any atom is 0.208 e. The summed E-state index contributed by atoms with van der Waals surface area (Å²) in [5.74, 6) is 1.78. The Morgan fingerprint density at radius 1 is 0.515 bits per heavy atom. The average molecular weight is 463 g/mol. The summed E-state index contributed by atoms with van der Waals surface area (Å²) < 4.78 is 37.8. The molecule has 0 aliphatic heterocycles. The summed E-state index contributed by atoms with van der Waals surface area (Å²) in [5.41, 5.74) is 24.6. The summed E-state index contributed by atoms with van der Waals surface area (Å²) in [6.07, 6.45) is 0. The molecule has 9 heteroatoms. The van der Waals surface area contributed by atoms with E-state index in [4.69, 9.17) is 32.4 Å². The van der Waals surface area contributed by atoms with Crippen LogP contribution in [0, 0.1) is 0 Å². The molecular formula is C24H22N4O4S.